The zero-order valence-corrected chi connectivity index (χ0v) is 26.6. The maximum atomic E-state index is 13.2. The van der Waals surface area contributed by atoms with Crippen molar-refractivity contribution in [1.82, 2.24) is 15.4 Å². The van der Waals surface area contributed by atoms with Crippen molar-refractivity contribution >= 4 is 50.2 Å². The Labute approximate surface area is 263 Å². The summed E-state index contributed by atoms with van der Waals surface area (Å²) >= 11 is 1.06. The molecule has 3 aromatic rings. The topological polar surface area (TPSA) is 228 Å². The Balaban J connectivity index is 1.38. The highest BCUT2D eigenvalue weighted by Gasteiger charge is 2.57. The van der Waals surface area contributed by atoms with Gasteiger partial charge in [-0.3, -0.25) is 14.9 Å². The number of aromatic nitrogens is 2. The van der Waals surface area contributed by atoms with Crippen LogP contribution in [0.25, 0.3) is 11.1 Å². The molecule has 2 aromatic heterocycles. The number of nitrogens with zero attached hydrogens (tertiary/aromatic N) is 4. The number of oxime groups is 1. The number of rotatable bonds is 14. The Morgan fingerprint density at radius 3 is 2.51 bits per heavy atom. The molecule has 0 saturated carbocycles. The quantitative estimate of drug-likeness (QED) is 0.0456. The summed E-state index contributed by atoms with van der Waals surface area (Å²) in [5.74, 6) is -0.248. The first-order chi connectivity index (χ1) is 21.2. The summed E-state index contributed by atoms with van der Waals surface area (Å²) in [6.45, 7) is 5.79. The average molecular weight is 663 g/mol. The lowest BCUT2D eigenvalue weighted by molar-refractivity contribution is -0.656. The fourth-order valence-corrected chi connectivity index (χ4v) is 5.31. The van der Waals surface area contributed by atoms with E-state index in [1.807, 2.05) is 54.2 Å². The molecular formula is C27H34N8O8S2. The van der Waals surface area contributed by atoms with E-state index in [0.29, 0.717) is 23.9 Å². The Kier molecular flexibility index (Phi) is 10.2. The number of nitrogen functional groups attached to an aromatic ring is 1. The molecule has 6 N–H and O–H groups in total. The summed E-state index contributed by atoms with van der Waals surface area (Å²) in [4.78, 5) is 35.2. The van der Waals surface area contributed by atoms with Gasteiger partial charge in [0.05, 0.1) is 25.3 Å². The van der Waals surface area contributed by atoms with Crippen molar-refractivity contribution in [2.75, 3.05) is 30.7 Å². The van der Waals surface area contributed by atoms with Crippen LogP contribution in [0.3, 0.4) is 0 Å². The fourth-order valence-electron chi connectivity index (χ4n) is 4.31. The van der Waals surface area contributed by atoms with Gasteiger partial charge < -0.3 is 30.9 Å². The largest absolute Gasteiger partial charge is 0.724 e. The van der Waals surface area contributed by atoms with Gasteiger partial charge in [0.15, 0.2) is 16.9 Å². The number of benzene rings is 1. The van der Waals surface area contributed by atoms with Crippen molar-refractivity contribution in [2.45, 2.75) is 38.5 Å². The number of β-lactam (4-membered cyclic amide) rings is 1. The van der Waals surface area contributed by atoms with E-state index in [1.165, 1.54) is 19.2 Å². The third-order valence-electron chi connectivity index (χ3n) is 6.68. The molecule has 1 saturated heterocycles. The molecule has 18 heteroatoms. The van der Waals surface area contributed by atoms with E-state index < -0.39 is 39.9 Å². The third-order valence-corrected chi connectivity index (χ3v) is 7.68. The monoisotopic (exact) mass is 662 g/mol. The van der Waals surface area contributed by atoms with Crippen molar-refractivity contribution in [1.29, 1.82) is 0 Å². The number of anilines is 2. The molecule has 242 valence electrons. The van der Waals surface area contributed by atoms with Gasteiger partial charge in [-0.25, -0.2) is 18.0 Å². The van der Waals surface area contributed by atoms with Crippen LogP contribution in [0.15, 0.2) is 53.1 Å². The first-order valence-corrected chi connectivity index (χ1v) is 15.8. The minimum Gasteiger partial charge on any atom is -0.724 e. The van der Waals surface area contributed by atoms with Gasteiger partial charge in [0.1, 0.15) is 24.1 Å². The number of carbonyl (C=O) groups excluding carboxylic acids is 2. The van der Waals surface area contributed by atoms with Crippen molar-refractivity contribution in [3.05, 3.63) is 53.7 Å². The summed E-state index contributed by atoms with van der Waals surface area (Å²) in [5, 5.41) is 11.7. The van der Waals surface area contributed by atoms with E-state index in [1.54, 1.807) is 6.92 Å². The number of nitrogens with one attached hydrogen (secondary N) is 2. The van der Waals surface area contributed by atoms with Crippen molar-refractivity contribution in [3.63, 3.8) is 0 Å². The molecule has 4 rings (SSSR count). The second kappa shape index (κ2) is 13.7. The number of aryl methyl sites for hydroxylation is 1. The molecule has 16 nitrogen and oxygen atoms in total. The number of nitrogens with two attached hydrogens (primary N) is 2. The standard InChI is InChI=1S/C27H34N8O8S2/c1-16(14-41-19-8-5-17(6-9-19)18-7-10-21(30-12-11-28)34(4)13-18)42-33-22(20-15-44-26(29)31-20)24(36)32-23-25(37)35(27(23,2)3)43-45(38,39)40/h5-10,13,15-16,23H,11-12,14,28H2,1-4H3,(H4,29,31,32,36,38,39,40)/b33-22-/t16?,23-/m1/s1. The number of carbonyl (C=O) groups is 2. The summed E-state index contributed by atoms with van der Waals surface area (Å²) in [6, 6.07) is 10.3. The Morgan fingerprint density at radius 1 is 1.24 bits per heavy atom. The van der Waals surface area contributed by atoms with E-state index in [9.17, 15) is 22.6 Å². The number of hydrogen-bond acceptors (Lipinski definition) is 14. The SMILES string of the molecule is CC(COc1ccc(-c2ccc(NCCN)[n+](C)c2)cc1)O/N=C(\C(=O)N[C@@H]1C(=O)N(OS(=O)(=O)[O-])C1(C)C)c1csc(N)n1. The minimum atomic E-state index is -5.20. The maximum Gasteiger partial charge on any atom is 0.276 e. The number of hydroxylamine groups is 2. The molecule has 1 aliphatic heterocycles. The number of thiazole rings is 1. The molecule has 2 amide bonds. The molecule has 3 heterocycles. The molecule has 2 atom stereocenters. The smallest absolute Gasteiger partial charge is 0.276 e. The zero-order valence-electron chi connectivity index (χ0n) is 24.9. The normalized spacial score (nSPS) is 16.9. The molecular weight excluding hydrogens is 628 g/mol. The van der Waals surface area contributed by atoms with Crippen LogP contribution >= 0.6 is 11.3 Å². The van der Waals surface area contributed by atoms with E-state index in [0.717, 1.165) is 28.3 Å². The Bertz CT molecular complexity index is 1680. The lowest BCUT2D eigenvalue weighted by atomic mass is 9.84. The van der Waals surface area contributed by atoms with Crippen LogP contribution in [0.2, 0.25) is 0 Å². The predicted molar refractivity (Wildman–Crippen MR) is 163 cm³/mol. The highest BCUT2D eigenvalue weighted by Crippen LogP contribution is 2.33. The summed E-state index contributed by atoms with van der Waals surface area (Å²) in [5.41, 5.74) is 11.8. The van der Waals surface area contributed by atoms with E-state index in [4.69, 9.17) is 21.0 Å². The van der Waals surface area contributed by atoms with E-state index >= 15 is 0 Å². The lowest BCUT2D eigenvalue weighted by Gasteiger charge is -2.51. The van der Waals surface area contributed by atoms with Gasteiger partial charge in [-0.1, -0.05) is 17.3 Å². The van der Waals surface area contributed by atoms with Crippen LogP contribution in [0.5, 0.6) is 5.75 Å². The Hall–Kier alpha value is -4.36. The summed E-state index contributed by atoms with van der Waals surface area (Å²) in [7, 11) is -3.25. The molecule has 45 heavy (non-hydrogen) atoms. The maximum absolute atomic E-state index is 13.2. The van der Waals surface area contributed by atoms with Gasteiger partial charge in [-0.2, -0.15) is 9.35 Å². The minimum absolute atomic E-state index is 0.0809. The second-order valence-corrected chi connectivity index (χ2v) is 12.4. The lowest BCUT2D eigenvalue weighted by Crippen LogP contribution is -2.76. The van der Waals surface area contributed by atoms with Crippen molar-refractivity contribution < 1.29 is 41.0 Å². The van der Waals surface area contributed by atoms with Crippen molar-refractivity contribution in [2.24, 2.45) is 17.9 Å². The average Bonchev–Trinajstić information content (AvgIpc) is 3.42. The Morgan fingerprint density at radius 2 is 1.93 bits per heavy atom. The molecule has 1 fully saturated rings. The third kappa shape index (κ3) is 8.22. The number of amides is 2. The van der Waals surface area contributed by atoms with Crippen LogP contribution in [-0.4, -0.2) is 77.9 Å². The molecule has 1 aliphatic rings. The summed E-state index contributed by atoms with van der Waals surface area (Å²) < 4.78 is 45.0. The van der Waals surface area contributed by atoms with Crippen LogP contribution < -0.4 is 31.4 Å². The van der Waals surface area contributed by atoms with Gasteiger partial charge in [0.25, 0.3) is 17.6 Å². The molecule has 1 aromatic carbocycles. The van der Waals surface area contributed by atoms with Crippen LogP contribution in [-0.2, 0) is 36.2 Å². The number of ether oxygens (including phenoxy) is 1. The highest BCUT2D eigenvalue weighted by molar-refractivity contribution is 7.80. The van der Waals surface area contributed by atoms with Gasteiger partial charge in [0.2, 0.25) is 10.4 Å². The van der Waals surface area contributed by atoms with E-state index in [-0.39, 0.29) is 23.1 Å². The molecule has 1 unspecified atom stereocenters. The summed E-state index contributed by atoms with van der Waals surface area (Å²) in [6.07, 6.45) is 1.39. The first kappa shape index (κ1) is 33.5. The molecule has 0 radical (unpaired) electrons. The highest BCUT2D eigenvalue weighted by atomic mass is 32.3. The molecule has 0 aliphatic carbocycles. The fraction of sp³-hybridized carbons (Fsp3) is 0.370. The van der Waals surface area contributed by atoms with Gasteiger partial charge in [-0.15, -0.1) is 11.3 Å². The number of hydrogen-bond donors (Lipinski definition) is 4. The van der Waals surface area contributed by atoms with Crippen LogP contribution in [0.1, 0.15) is 26.5 Å². The predicted octanol–water partition coefficient (Wildman–Crippen LogP) is 0.273. The molecule has 0 bridgehead atoms. The zero-order chi connectivity index (χ0) is 32.9. The number of pyridine rings is 1. The van der Waals surface area contributed by atoms with Crippen LogP contribution in [0, 0.1) is 0 Å². The first-order valence-electron chi connectivity index (χ1n) is 13.6. The molecule has 0 spiro atoms. The van der Waals surface area contributed by atoms with Gasteiger partial charge in [0, 0.05) is 23.6 Å². The second-order valence-electron chi connectivity index (χ2n) is 10.6. The van der Waals surface area contributed by atoms with E-state index in [2.05, 4.69) is 25.1 Å². The van der Waals surface area contributed by atoms with Crippen molar-refractivity contribution in [3.8, 4) is 16.9 Å². The van der Waals surface area contributed by atoms with Crippen LogP contribution in [0.4, 0.5) is 10.9 Å². The van der Waals surface area contributed by atoms with Gasteiger partial charge >= 0.3 is 0 Å². The van der Waals surface area contributed by atoms with Gasteiger partial charge in [-0.05, 0) is 44.5 Å².